The molecule has 1 atom stereocenters. The molecule has 1 heterocycles. The molecule has 1 aliphatic heterocycles. The van der Waals surface area contributed by atoms with E-state index in [1.54, 1.807) is 0 Å². The van der Waals surface area contributed by atoms with E-state index in [-0.39, 0.29) is 5.91 Å². The Morgan fingerprint density at radius 1 is 1.33 bits per heavy atom. The van der Waals surface area contributed by atoms with Gasteiger partial charge in [0.25, 0.3) is 0 Å². The Morgan fingerprint density at radius 3 is 2.71 bits per heavy atom. The molecule has 5 nitrogen and oxygen atoms in total. The highest BCUT2D eigenvalue weighted by molar-refractivity contribution is 5.82. The normalized spacial score (nSPS) is 16.1. The van der Waals surface area contributed by atoms with Crippen molar-refractivity contribution in [2.75, 3.05) is 26.3 Å². The summed E-state index contributed by atoms with van der Waals surface area (Å²) in [6, 6.07) is 5.89. The fraction of sp³-hybridized carbons (Fsp3) is 0.562. The zero-order chi connectivity index (χ0) is 15.3. The van der Waals surface area contributed by atoms with E-state index in [0.717, 1.165) is 29.9 Å². The van der Waals surface area contributed by atoms with E-state index < -0.39 is 5.41 Å². The van der Waals surface area contributed by atoms with Crippen molar-refractivity contribution < 1.29 is 14.3 Å². The molecule has 5 heteroatoms. The summed E-state index contributed by atoms with van der Waals surface area (Å²) >= 11 is 0. The van der Waals surface area contributed by atoms with Crippen molar-refractivity contribution in [3.05, 3.63) is 23.8 Å². The number of rotatable bonds is 6. The molecule has 2 rings (SSSR count). The summed E-state index contributed by atoms with van der Waals surface area (Å²) in [7, 11) is 0. The number of benzene rings is 1. The first-order valence-corrected chi connectivity index (χ1v) is 7.46. The second-order valence-corrected chi connectivity index (χ2v) is 5.60. The molecule has 0 aliphatic carbocycles. The molecule has 0 saturated carbocycles. The topological polar surface area (TPSA) is 73.6 Å². The number of hydrogen-bond donors (Lipinski definition) is 2. The van der Waals surface area contributed by atoms with Crippen molar-refractivity contribution in [3.63, 3.8) is 0 Å². The van der Waals surface area contributed by atoms with Crippen molar-refractivity contribution in [2.45, 2.75) is 26.7 Å². The molecule has 0 saturated heterocycles. The van der Waals surface area contributed by atoms with Crippen LogP contribution in [0, 0.1) is 5.41 Å². The maximum Gasteiger partial charge on any atom is 0.227 e. The van der Waals surface area contributed by atoms with Crippen LogP contribution in [-0.2, 0) is 11.2 Å². The Hall–Kier alpha value is -1.75. The molecule has 1 aromatic rings. The first-order valence-electron chi connectivity index (χ1n) is 7.46. The number of nitrogens with one attached hydrogen (secondary N) is 1. The summed E-state index contributed by atoms with van der Waals surface area (Å²) < 4.78 is 11.0. The molecule has 1 unspecified atom stereocenters. The van der Waals surface area contributed by atoms with Crippen LogP contribution in [0.4, 0.5) is 0 Å². The van der Waals surface area contributed by atoms with E-state index in [1.807, 2.05) is 32.0 Å². The quantitative estimate of drug-likeness (QED) is 0.833. The predicted octanol–water partition coefficient (Wildman–Crippen LogP) is 1.49. The Kier molecular flexibility index (Phi) is 5.07. The van der Waals surface area contributed by atoms with Gasteiger partial charge in [-0.2, -0.15) is 0 Å². The number of nitrogens with two attached hydrogens (primary N) is 1. The van der Waals surface area contributed by atoms with E-state index in [4.69, 9.17) is 15.2 Å². The Bertz CT molecular complexity index is 498. The molecule has 0 spiro atoms. The Balaban J connectivity index is 1.88. The molecule has 3 N–H and O–H groups in total. The molecule has 116 valence electrons. The average Bonchev–Trinajstić information content (AvgIpc) is 2.53. The molecule has 0 radical (unpaired) electrons. The Morgan fingerprint density at radius 2 is 2.05 bits per heavy atom. The summed E-state index contributed by atoms with van der Waals surface area (Å²) in [6.07, 6.45) is 1.49. The van der Waals surface area contributed by atoms with Crippen LogP contribution in [-0.4, -0.2) is 32.2 Å². The number of fused-ring (bicyclic) bond motifs is 1. The van der Waals surface area contributed by atoms with Gasteiger partial charge in [0, 0.05) is 13.1 Å². The van der Waals surface area contributed by atoms with Gasteiger partial charge in [-0.3, -0.25) is 4.79 Å². The van der Waals surface area contributed by atoms with Gasteiger partial charge in [-0.05, 0) is 37.5 Å². The van der Waals surface area contributed by atoms with E-state index in [2.05, 4.69) is 5.32 Å². The lowest BCUT2D eigenvalue weighted by atomic mass is 9.86. The van der Waals surface area contributed by atoms with Crippen LogP contribution >= 0.6 is 0 Å². The van der Waals surface area contributed by atoms with Gasteiger partial charge in [-0.25, -0.2) is 0 Å². The van der Waals surface area contributed by atoms with Gasteiger partial charge in [0.1, 0.15) is 13.2 Å². The predicted molar refractivity (Wildman–Crippen MR) is 81.6 cm³/mol. The van der Waals surface area contributed by atoms with Gasteiger partial charge in [-0.15, -0.1) is 0 Å². The molecule has 1 aliphatic rings. The van der Waals surface area contributed by atoms with Crippen molar-refractivity contribution in [1.82, 2.24) is 5.32 Å². The van der Waals surface area contributed by atoms with Gasteiger partial charge < -0.3 is 20.5 Å². The van der Waals surface area contributed by atoms with E-state index in [9.17, 15) is 4.79 Å². The monoisotopic (exact) mass is 292 g/mol. The molecule has 0 bridgehead atoms. The number of carbonyl (C=O) groups is 1. The minimum absolute atomic E-state index is 0.0186. The fourth-order valence-corrected chi connectivity index (χ4v) is 2.17. The fourth-order valence-electron chi connectivity index (χ4n) is 2.17. The lowest BCUT2D eigenvalue weighted by Crippen LogP contribution is -2.44. The minimum Gasteiger partial charge on any atom is -0.486 e. The highest BCUT2D eigenvalue weighted by Gasteiger charge is 2.29. The zero-order valence-corrected chi connectivity index (χ0v) is 12.8. The first-order chi connectivity index (χ1) is 10.1. The van der Waals surface area contributed by atoms with Crippen molar-refractivity contribution >= 4 is 5.91 Å². The zero-order valence-electron chi connectivity index (χ0n) is 12.8. The van der Waals surface area contributed by atoms with Gasteiger partial charge in [0.2, 0.25) is 5.91 Å². The van der Waals surface area contributed by atoms with E-state index >= 15 is 0 Å². The van der Waals surface area contributed by atoms with Gasteiger partial charge in [0.05, 0.1) is 5.41 Å². The summed E-state index contributed by atoms with van der Waals surface area (Å²) in [6.45, 7) is 6.00. The third kappa shape index (κ3) is 3.67. The smallest absolute Gasteiger partial charge is 0.227 e. The largest absolute Gasteiger partial charge is 0.486 e. The lowest BCUT2D eigenvalue weighted by Gasteiger charge is -2.25. The lowest BCUT2D eigenvalue weighted by molar-refractivity contribution is -0.129. The first kappa shape index (κ1) is 15.6. The third-order valence-corrected chi connectivity index (χ3v) is 4.08. The van der Waals surface area contributed by atoms with Crippen LogP contribution in [0.3, 0.4) is 0 Å². The van der Waals surface area contributed by atoms with Crippen LogP contribution in [0.1, 0.15) is 25.8 Å². The molecular weight excluding hydrogens is 268 g/mol. The summed E-state index contributed by atoms with van der Waals surface area (Å²) in [5, 5.41) is 2.96. The van der Waals surface area contributed by atoms with Crippen LogP contribution in [0.2, 0.25) is 0 Å². The Labute approximate surface area is 125 Å². The van der Waals surface area contributed by atoms with Crippen molar-refractivity contribution in [2.24, 2.45) is 11.1 Å². The number of ether oxygens (including phenoxy) is 2. The second-order valence-electron chi connectivity index (χ2n) is 5.60. The maximum absolute atomic E-state index is 12.1. The highest BCUT2D eigenvalue weighted by atomic mass is 16.6. The summed E-state index contributed by atoms with van der Waals surface area (Å²) in [4.78, 5) is 12.1. The van der Waals surface area contributed by atoms with Crippen molar-refractivity contribution in [3.8, 4) is 11.5 Å². The van der Waals surface area contributed by atoms with Gasteiger partial charge in [-0.1, -0.05) is 13.0 Å². The molecule has 1 aromatic carbocycles. The van der Waals surface area contributed by atoms with Crippen LogP contribution in [0.25, 0.3) is 0 Å². The van der Waals surface area contributed by atoms with Gasteiger partial charge >= 0.3 is 0 Å². The van der Waals surface area contributed by atoms with Crippen LogP contribution in [0.5, 0.6) is 11.5 Å². The van der Waals surface area contributed by atoms with Crippen molar-refractivity contribution in [1.29, 1.82) is 0 Å². The standard InChI is InChI=1S/C16H24N2O3/c1-3-16(2,11-17)15(19)18-7-6-12-4-5-13-14(10-12)21-9-8-20-13/h4-5,10H,3,6-9,11,17H2,1-2H3,(H,18,19). The average molecular weight is 292 g/mol. The molecule has 0 aromatic heterocycles. The summed E-state index contributed by atoms with van der Waals surface area (Å²) in [5.41, 5.74) is 6.32. The third-order valence-electron chi connectivity index (χ3n) is 4.08. The molecule has 0 fully saturated rings. The number of hydrogen-bond acceptors (Lipinski definition) is 4. The molecule has 21 heavy (non-hydrogen) atoms. The molecular formula is C16H24N2O3. The maximum atomic E-state index is 12.1. The van der Waals surface area contributed by atoms with Gasteiger partial charge in [0.15, 0.2) is 11.5 Å². The van der Waals surface area contributed by atoms with Crippen LogP contribution in [0.15, 0.2) is 18.2 Å². The SMILES string of the molecule is CCC(C)(CN)C(=O)NCCc1ccc2c(c1)OCCO2. The molecule has 1 amide bonds. The number of carbonyl (C=O) groups excluding carboxylic acids is 1. The minimum atomic E-state index is -0.479. The highest BCUT2D eigenvalue weighted by Crippen LogP contribution is 2.30. The summed E-state index contributed by atoms with van der Waals surface area (Å²) in [5.74, 6) is 1.59. The second kappa shape index (κ2) is 6.80. The van der Waals surface area contributed by atoms with E-state index in [1.165, 1.54) is 0 Å². The number of amides is 1. The van der Waals surface area contributed by atoms with Crippen LogP contribution < -0.4 is 20.5 Å². The van der Waals surface area contributed by atoms with E-state index in [0.29, 0.717) is 26.3 Å².